The maximum absolute atomic E-state index is 12.7. The van der Waals surface area contributed by atoms with E-state index >= 15 is 0 Å². The Hall–Kier alpha value is -0.760. The Balaban J connectivity index is 4.44. The molecule has 0 aromatic heterocycles. The molecule has 0 heterocycles. The summed E-state index contributed by atoms with van der Waals surface area (Å²) < 4.78 is 23.1. The number of hydrogen-bond acceptors (Lipinski definition) is 6. The number of hydrogen-bond donors (Lipinski definition) is 2. The van der Waals surface area contributed by atoms with Gasteiger partial charge in [0.05, 0.1) is 39.9 Å². The number of unbranched alkanes of at least 4 members (excludes halogenated alkanes) is 23. The van der Waals surface area contributed by atoms with E-state index in [9.17, 15) is 19.4 Å². The summed E-state index contributed by atoms with van der Waals surface area (Å²) in [4.78, 5) is 25.1. The highest BCUT2D eigenvalue weighted by Gasteiger charge is 2.23. The fourth-order valence-corrected chi connectivity index (χ4v) is 6.46. The van der Waals surface area contributed by atoms with Gasteiger partial charge < -0.3 is 28.8 Å². The van der Waals surface area contributed by atoms with Crippen molar-refractivity contribution in [3.63, 3.8) is 0 Å². The van der Waals surface area contributed by atoms with Gasteiger partial charge in [0, 0.05) is 6.42 Å². The molecule has 0 aliphatic heterocycles. The van der Waals surface area contributed by atoms with Crippen LogP contribution < -0.4 is 10.2 Å². The van der Waals surface area contributed by atoms with Crippen LogP contribution in [0.1, 0.15) is 181 Å². The quantitative estimate of drug-likeness (QED) is 0.0291. The van der Waals surface area contributed by atoms with Crippen molar-refractivity contribution >= 4 is 13.7 Å². The third-order valence-electron chi connectivity index (χ3n) is 9.00. The zero-order valence-electron chi connectivity index (χ0n) is 32.2. The number of allylic oxidation sites excluding steroid dienone is 1. The largest absolute Gasteiger partial charge is 0.756 e. The van der Waals surface area contributed by atoms with E-state index in [1.54, 1.807) is 6.08 Å². The molecule has 1 unspecified atom stereocenters. The second-order valence-corrected chi connectivity index (χ2v) is 16.4. The molecule has 0 saturated heterocycles. The summed E-state index contributed by atoms with van der Waals surface area (Å²) in [6.07, 6.45) is 34.0. The van der Waals surface area contributed by atoms with Crippen LogP contribution in [0.3, 0.4) is 0 Å². The van der Waals surface area contributed by atoms with E-state index < -0.39 is 20.0 Å². The van der Waals surface area contributed by atoms with Gasteiger partial charge >= 0.3 is 0 Å². The van der Waals surface area contributed by atoms with Crippen molar-refractivity contribution in [1.82, 2.24) is 5.32 Å². The monoisotopic (exact) mass is 703 g/mol. The molecule has 0 saturated carbocycles. The van der Waals surface area contributed by atoms with Crippen LogP contribution in [0.4, 0.5) is 0 Å². The zero-order valence-corrected chi connectivity index (χ0v) is 33.1. The lowest BCUT2D eigenvalue weighted by atomic mass is 10.0. The lowest BCUT2D eigenvalue weighted by Gasteiger charge is -2.29. The summed E-state index contributed by atoms with van der Waals surface area (Å²) in [5, 5.41) is 13.7. The van der Waals surface area contributed by atoms with Crippen LogP contribution >= 0.6 is 7.82 Å². The van der Waals surface area contributed by atoms with Gasteiger partial charge in [-0.05, 0) is 19.3 Å². The number of rotatable bonds is 36. The second-order valence-electron chi connectivity index (χ2n) is 15.0. The molecule has 0 radical (unpaired) electrons. The number of aliphatic hydroxyl groups is 1. The third-order valence-corrected chi connectivity index (χ3v) is 9.96. The summed E-state index contributed by atoms with van der Waals surface area (Å²) >= 11 is 0. The van der Waals surface area contributed by atoms with Gasteiger partial charge in [-0.25, -0.2) is 0 Å². The van der Waals surface area contributed by atoms with Gasteiger partial charge in [-0.1, -0.05) is 167 Å². The summed E-state index contributed by atoms with van der Waals surface area (Å²) in [6.45, 7) is 4.62. The topological polar surface area (TPSA) is 108 Å². The van der Waals surface area contributed by atoms with Crippen molar-refractivity contribution in [3.05, 3.63) is 12.2 Å². The highest BCUT2D eigenvalue weighted by Crippen LogP contribution is 2.38. The van der Waals surface area contributed by atoms with Crippen LogP contribution in [-0.4, -0.2) is 68.5 Å². The van der Waals surface area contributed by atoms with Gasteiger partial charge in [0.15, 0.2) is 0 Å². The number of aliphatic hydroxyl groups excluding tert-OH is 1. The maximum Gasteiger partial charge on any atom is 0.268 e. The molecule has 3 atom stereocenters. The first-order valence-corrected chi connectivity index (χ1v) is 21.5. The van der Waals surface area contributed by atoms with E-state index in [4.69, 9.17) is 9.05 Å². The van der Waals surface area contributed by atoms with Crippen LogP contribution in [0.15, 0.2) is 12.2 Å². The molecule has 1 amide bonds. The van der Waals surface area contributed by atoms with Crippen molar-refractivity contribution < 1.29 is 32.9 Å². The first kappa shape index (κ1) is 47.2. The number of carbonyl (C=O) groups excluding carboxylic acids is 1. The Morgan fingerprint density at radius 3 is 1.56 bits per heavy atom. The molecule has 0 aliphatic carbocycles. The number of carbonyl (C=O) groups is 1. The van der Waals surface area contributed by atoms with Gasteiger partial charge in [-0.2, -0.15) is 0 Å². The zero-order chi connectivity index (χ0) is 35.8. The summed E-state index contributed by atoms with van der Waals surface area (Å²) in [5.74, 6) is -0.201. The predicted molar refractivity (Wildman–Crippen MR) is 201 cm³/mol. The first-order chi connectivity index (χ1) is 23.0. The number of phosphoric acid groups is 1. The second kappa shape index (κ2) is 32.2. The number of quaternary nitrogens is 1. The Bertz CT molecular complexity index is 804. The minimum Gasteiger partial charge on any atom is -0.756 e. The standard InChI is InChI=1S/C39H79N2O6P/c1-6-8-10-12-14-16-17-18-19-20-21-22-23-25-26-28-30-32-38(42)37(36-47-48(44,45)46-35-34-41(3,4)5)40-39(43)33-31-29-27-24-15-13-11-9-7-2/h30,32,37-38,42H,6-29,31,33-36H2,1-5H3,(H-,40,43,44,45)/b32-30+/t37-,38+/m0/s1. The van der Waals surface area contributed by atoms with Crippen molar-refractivity contribution in [3.8, 4) is 0 Å². The molecule has 0 aromatic carbocycles. The molecule has 286 valence electrons. The van der Waals surface area contributed by atoms with Crippen LogP contribution in [0, 0.1) is 0 Å². The number of nitrogens with zero attached hydrogens (tertiary/aromatic N) is 1. The predicted octanol–water partition coefficient (Wildman–Crippen LogP) is 9.78. The SMILES string of the molecule is CCCCCCCCCCCCCCCCC/C=C/[C@@H](O)[C@H](COP(=O)([O-])OCC[N+](C)(C)C)NC(=O)CCCCCCCCCCC. The molecule has 0 aliphatic rings. The summed E-state index contributed by atoms with van der Waals surface area (Å²) in [5.41, 5.74) is 0. The van der Waals surface area contributed by atoms with Crippen LogP contribution in [0.5, 0.6) is 0 Å². The Kier molecular flexibility index (Phi) is 31.7. The molecule has 0 bridgehead atoms. The van der Waals surface area contributed by atoms with Crippen LogP contribution in [0.2, 0.25) is 0 Å². The number of nitrogens with one attached hydrogen (secondary N) is 1. The summed E-state index contributed by atoms with van der Waals surface area (Å²) in [6, 6.07) is -0.877. The minimum absolute atomic E-state index is 0.00161. The maximum atomic E-state index is 12.7. The molecular weight excluding hydrogens is 623 g/mol. The van der Waals surface area contributed by atoms with Gasteiger partial charge in [-0.3, -0.25) is 9.36 Å². The van der Waals surface area contributed by atoms with Crippen molar-refractivity contribution in [1.29, 1.82) is 0 Å². The Morgan fingerprint density at radius 1 is 0.708 bits per heavy atom. The lowest BCUT2D eigenvalue weighted by molar-refractivity contribution is -0.870. The fourth-order valence-electron chi connectivity index (χ4n) is 5.74. The summed E-state index contributed by atoms with van der Waals surface area (Å²) in [7, 11) is 1.27. The molecule has 0 spiro atoms. The molecule has 8 nitrogen and oxygen atoms in total. The number of likely N-dealkylation sites (N-methyl/N-ethyl adjacent to an activating group) is 1. The van der Waals surface area contributed by atoms with E-state index in [0.717, 1.165) is 38.5 Å². The molecular formula is C39H79N2O6P. The van der Waals surface area contributed by atoms with E-state index in [-0.39, 0.29) is 19.1 Å². The van der Waals surface area contributed by atoms with Gasteiger partial charge in [0.25, 0.3) is 7.82 Å². The number of phosphoric ester groups is 1. The first-order valence-electron chi connectivity index (χ1n) is 20.1. The van der Waals surface area contributed by atoms with Crippen LogP contribution in [-0.2, 0) is 18.4 Å². The fraction of sp³-hybridized carbons (Fsp3) is 0.923. The molecule has 0 aromatic rings. The molecule has 0 rings (SSSR count). The average Bonchev–Trinajstić information content (AvgIpc) is 3.02. The highest BCUT2D eigenvalue weighted by atomic mass is 31.2. The minimum atomic E-state index is -4.57. The van der Waals surface area contributed by atoms with Crippen molar-refractivity contribution in [2.24, 2.45) is 0 Å². The lowest BCUT2D eigenvalue weighted by Crippen LogP contribution is -2.45. The van der Waals surface area contributed by atoms with Gasteiger partial charge in [0.2, 0.25) is 5.91 Å². The van der Waals surface area contributed by atoms with Gasteiger partial charge in [-0.15, -0.1) is 0 Å². The van der Waals surface area contributed by atoms with Gasteiger partial charge in [0.1, 0.15) is 13.2 Å². The number of amides is 1. The Morgan fingerprint density at radius 2 is 1.12 bits per heavy atom. The molecule has 0 fully saturated rings. The van der Waals surface area contributed by atoms with Crippen molar-refractivity contribution in [2.45, 2.75) is 193 Å². The normalized spacial score (nSPS) is 14.7. The third kappa shape index (κ3) is 33.7. The van der Waals surface area contributed by atoms with Crippen LogP contribution in [0.25, 0.3) is 0 Å². The van der Waals surface area contributed by atoms with E-state index in [1.807, 2.05) is 27.2 Å². The molecule has 48 heavy (non-hydrogen) atoms. The van der Waals surface area contributed by atoms with E-state index in [2.05, 4.69) is 19.2 Å². The molecule has 9 heteroatoms. The van der Waals surface area contributed by atoms with Crippen molar-refractivity contribution in [2.75, 3.05) is 40.9 Å². The highest BCUT2D eigenvalue weighted by molar-refractivity contribution is 7.45. The van der Waals surface area contributed by atoms with E-state index in [0.29, 0.717) is 17.4 Å². The average molecular weight is 703 g/mol. The molecule has 2 N–H and O–H groups in total. The van der Waals surface area contributed by atoms with E-state index in [1.165, 1.54) is 122 Å². The smallest absolute Gasteiger partial charge is 0.268 e. The Labute approximate surface area is 297 Å².